The second-order valence-corrected chi connectivity index (χ2v) is 20.1. The summed E-state index contributed by atoms with van der Waals surface area (Å²) in [5.41, 5.74) is -1.01. The van der Waals surface area contributed by atoms with E-state index < -0.39 is 25.8 Å². The molecule has 1 aliphatic heterocycles. The van der Waals surface area contributed by atoms with Gasteiger partial charge >= 0.3 is 0 Å². The Morgan fingerprint density at radius 1 is 0.780 bits per heavy atom. The standard InChI is InChI=1S/C43H70O6Si/c1-8-10-11-15-24-31-43(46-35-36-47-43)32-25-16-13-12-14-23-30-39(44)42(9-2,49-41(6,7)45)33-34-48-50(40(3,4)5,37-26-19-17-20-27-37)38-28-21-18-22-29-38/h17-23,26-30,39,44-45H,8-16,24-25,31-36H2,1-7H3/b30-23+/t39-,42?/m0/s1. The van der Waals surface area contributed by atoms with E-state index in [4.69, 9.17) is 18.6 Å². The van der Waals surface area contributed by atoms with Crippen LogP contribution in [0.5, 0.6) is 0 Å². The zero-order valence-electron chi connectivity index (χ0n) is 32.6. The van der Waals surface area contributed by atoms with E-state index in [-0.39, 0.29) is 10.8 Å². The van der Waals surface area contributed by atoms with Crippen molar-refractivity contribution >= 4 is 18.7 Å². The van der Waals surface area contributed by atoms with Crippen molar-refractivity contribution in [2.45, 2.75) is 167 Å². The summed E-state index contributed by atoms with van der Waals surface area (Å²) in [5.74, 6) is -1.77. The molecule has 2 aromatic rings. The first-order chi connectivity index (χ1) is 23.8. The highest BCUT2D eigenvalue weighted by Crippen LogP contribution is 2.38. The van der Waals surface area contributed by atoms with Crippen LogP contribution in [0.3, 0.4) is 0 Å². The Bertz CT molecular complexity index is 1180. The van der Waals surface area contributed by atoms with Crippen LogP contribution in [0.4, 0.5) is 0 Å². The molecule has 50 heavy (non-hydrogen) atoms. The zero-order valence-corrected chi connectivity index (χ0v) is 33.6. The van der Waals surface area contributed by atoms with Crippen molar-refractivity contribution in [1.82, 2.24) is 0 Å². The van der Waals surface area contributed by atoms with Crippen LogP contribution in [0.15, 0.2) is 72.8 Å². The van der Waals surface area contributed by atoms with Crippen LogP contribution in [0.25, 0.3) is 0 Å². The molecule has 1 unspecified atom stereocenters. The summed E-state index contributed by atoms with van der Waals surface area (Å²) in [5, 5.41) is 24.8. The van der Waals surface area contributed by atoms with Crippen LogP contribution in [-0.2, 0) is 18.6 Å². The molecule has 1 saturated heterocycles. The van der Waals surface area contributed by atoms with Gasteiger partial charge in [0.2, 0.25) is 0 Å². The average Bonchev–Trinajstić information content (AvgIpc) is 3.55. The summed E-state index contributed by atoms with van der Waals surface area (Å²) >= 11 is 0. The Hall–Kier alpha value is -1.84. The lowest BCUT2D eigenvalue weighted by Crippen LogP contribution is -2.67. The van der Waals surface area contributed by atoms with E-state index in [1.165, 1.54) is 42.5 Å². The number of rotatable bonds is 24. The van der Waals surface area contributed by atoms with E-state index in [0.717, 1.165) is 44.9 Å². The number of aliphatic hydroxyl groups is 2. The summed E-state index contributed by atoms with van der Waals surface area (Å²) in [7, 11) is -2.76. The van der Waals surface area contributed by atoms with E-state index in [0.29, 0.717) is 32.7 Å². The summed E-state index contributed by atoms with van der Waals surface area (Å²) in [6.45, 7) is 16.1. The van der Waals surface area contributed by atoms with Crippen LogP contribution >= 0.6 is 0 Å². The first-order valence-electron chi connectivity index (χ1n) is 19.6. The molecule has 7 heteroatoms. The predicted octanol–water partition coefficient (Wildman–Crippen LogP) is 9.21. The van der Waals surface area contributed by atoms with Crippen molar-refractivity contribution in [2.75, 3.05) is 19.8 Å². The summed E-state index contributed by atoms with van der Waals surface area (Å²) in [6, 6.07) is 21.2. The maximum atomic E-state index is 11.7. The minimum Gasteiger partial charge on any atom is -0.407 e. The third-order valence-corrected chi connectivity index (χ3v) is 15.4. The van der Waals surface area contributed by atoms with Crippen molar-refractivity contribution < 1.29 is 28.8 Å². The molecule has 2 aromatic carbocycles. The quantitative estimate of drug-likeness (QED) is 0.0490. The second-order valence-electron chi connectivity index (χ2n) is 15.8. The van der Waals surface area contributed by atoms with Gasteiger partial charge in [-0.2, -0.15) is 0 Å². The van der Waals surface area contributed by atoms with Crippen LogP contribution < -0.4 is 10.4 Å². The SMILES string of the molecule is CCCCCCCC1(CCCCCC/C=C/[C@H](O)C(CC)(CCO[Si](c2ccccc2)(c2ccccc2)C(C)(C)C)OC(C)(C)O)OCCO1. The number of allylic oxidation sites excluding steroid dienone is 1. The molecule has 0 amide bonds. The molecule has 2 atom stereocenters. The third-order valence-electron chi connectivity index (χ3n) is 10.3. The first kappa shape index (κ1) is 42.6. The van der Waals surface area contributed by atoms with Gasteiger partial charge in [-0.25, -0.2) is 0 Å². The highest BCUT2D eigenvalue weighted by Gasteiger charge is 2.51. The molecule has 0 radical (unpaired) electrons. The fraction of sp³-hybridized carbons (Fsp3) is 0.674. The third kappa shape index (κ3) is 12.4. The lowest BCUT2D eigenvalue weighted by Gasteiger charge is -2.45. The van der Waals surface area contributed by atoms with Gasteiger partial charge in [-0.3, -0.25) is 0 Å². The predicted molar refractivity (Wildman–Crippen MR) is 209 cm³/mol. The maximum absolute atomic E-state index is 11.7. The summed E-state index contributed by atoms with van der Waals surface area (Å²) in [6.07, 6.45) is 17.6. The molecule has 0 spiro atoms. The smallest absolute Gasteiger partial charge is 0.261 e. The topological polar surface area (TPSA) is 77.4 Å². The van der Waals surface area contributed by atoms with Gasteiger partial charge in [0.1, 0.15) is 11.7 Å². The second kappa shape index (κ2) is 20.4. The molecule has 0 saturated carbocycles. The van der Waals surface area contributed by atoms with E-state index in [9.17, 15) is 10.2 Å². The van der Waals surface area contributed by atoms with Crippen molar-refractivity contribution in [3.63, 3.8) is 0 Å². The molecular formula is C43H70O6Si. The molecule has 3 rings (SSSR count). The van der Waals surface area contributed by atoms with Gasteiger partial charge in [0.15, 0.2) is 11.6 Å². The minimum absolute atomic E-state index is 0.161. The summed E-state index contributed by atoms with van der Waals surface area (Å²) < 4.78 is 25.7. The number of aliphatic hydroxyl groups excluding tert-OH is 1. The minimum atomic E-state index is -2.76. The van der Waals surface area contributed by atoms with Gasteiger partial charge in [0, 0.05) is 25.9 Å². The van der Waals surface area contributed by atoms with E-state index in [1.807, 2.05) is 25.1 Å². The Balaban J connectivity index is 1.61. The van der Waals surface area contributed by atoms with Gasteiger partial charge in [-0.05, 0) is 61.4 Å². The largest absolute Gasteiger partial charge is 0.407 e. The number of hydrogen-bond donors (Lipinski definition) is 2. The normalized spacial score (nSPS) is 17.3. The van der Waals surface area contributed by atoms with Crippen LogP contribution in [-0.4, -0.2) is 61.6 Å². The van der Waals surface area contributed by atoms with Crippen molar-refractivity contribution in [2.24, 2.45) is 0 Å². The fourth-order valence-corrected chi connectivity index (χ4v) is 12.2. The Kier molecular flexibility index (Phi) is 17.4. The number of ether oxygens (including phenoxy) is 3. The highest BCUT2D eigenvalue weighted by atomic mass is 28.4. The van der Waals surface area contributed by atoms with Gasteiger partial charge in [0.25, 0.3) is 8.32 Å². The molecule has 2 N–H and O–H groups in total. The lowest BCUT2D eigenvalue weighted by molar-refractivity contribution is -0.269. The van der Waals surface area contributed by atoms with Crippen molar-refractivity contribution in [3.05, 3.63) is 72.8 Å². The maximum Gasteiger partial charge on any atom is 0.261 e. The van der Waals surface area contributed by atoms with Gasteiger partial charge in [-0.15, -0.1) is 0 Å². The van der Waals surface area contributed by atoms with E-state index in [2.05, 4.69) is 82.3 Å². The van der Waals surface area contributed by atoms with Gasteiger partial charge in [-0.1, -0.05) is 146 Å². The molecular weight excluding hydrogens is 641 g/mol. The van der Waals surface area contributed by atoms with E-state index in [1.54, 1.807) is 13.8 Å². The Morgan fingerprint density at radius 2 is 1.30 bits per heavy atom. The molecule has 6 nitrogen and oxygen atoms in total. The number of benzene rings is 2. The number of hydrogen-bond acceptors (Lipinski definition) is 6. The molecule has 1 fully saturated rings. The fourth-order valence-electron chi connectivity index (χ4n) is 7.67. The van der Waals surface area contributed by atoms with E-state index >= 15 is 0 Å². The van der Waals surface area contributed by atoms with Crippen LogP contribution in [0, 0.1) is 0 Å². The molecule has 0 aromatic heterocycles. The molecule has 0 aliphatic carbocycles. The lowest BCUT2D eigenvalue weighted by atomic mass is 9.88. The average molecular weight is 711 g/mol. The van der Waals surface area contributed by atoms with Gasteiger partial charge < -0.3 is 28.8 Å². The molecule has 282 valence electrons. The monoisotopic (exact) mass is 710 g/mol. The van der Waals surface area contributed by atoms with Gasteiger partial charge in [0.05, 0.1) is 13.2 Å². The highest BCUT2D eigenvalue weighted by molar-refractivity contribution is 6.99. The molecule has 0 bridgehead atoms. The molecule has 1 aliphatic rings. The first-order valence-corrected chi connectivity index (χ1v) is 21.5. The van der Waals surface area contributed by atoms with Crippen molar-refractivity contribution in [3.8, 4) is 0 Å². The number of unbranched alkanes of at least 4 members (excludes halogenated alkanes) is 8. The van der Waals surface area contributed by atoms with Crippen LogP contribution in [0.1, 0.15) is 138 Å². The Morgan fingerprint density at radius 3 is 1.78 bits per heavy atom. The zero-order chi connectivity index (χ0) is 36.6. The van der Waals surface area contributed by atoms with Crippen molar-refractivity contribution in [1.29, 1.82) is 0 Å². The van der Waals surface area contributed by atoms with Crippen LogP contribution in [0.2, 0.25) is 5.04 Å². The summed E-state index contributed by atoms with van der Waals surface area (Å²) in [4.78, 5) is 0. The molecule has 1 heterocycles. The Labute approximate surface area is 306 Å².